The van der Waals surface area contributed by atoms with Crippen molar-refractivity contribution >= 4 is 31.4 Å². The van der Waals surface area contributed by atoms with E-state index in [-0.39, 0.29) is 67.5 Å². The third-order valence-electron chi connectivity index (χ3n) is 9.01. The van der Waals surface area contributed by atoms with E-state index in [1.54, 1.807) is 60.7 Å². The van der Waals surface area contributed by atoms with E-state index in [1.807, 2.05) is 86.0 Å². The maximum Gasteiger partial charge on any atom is 0.339 e. The number of thioether (sulfide) groups is 1. The Hall–Kier alpha value is -5.39. The first-order valence-corrected chi connectivity index (χ1v) is 24.2. The van der Waals surface area contributed by atoms with Crippen LogP contribution in [0.5, 0.6) is 0 Å². The summed E-state index contributed by atoms with van der Waals surface area (Å²) in [4.78, 5) is 4.87. The molecular formula is C41H54N8O11S3. The molecule has 0 aliphatic carbocycles. The first kappa shape index (κ1) is 50.3. The lowest BCUT2D eigenvalue weighted by Gasteiger charge is -2.29. The number of hydrogen-bond acceptors (Lipinski definition) is 17. The van der Waals surface area contributed by atoms with Gasteiger partial charge in [-0.1, -0.05) is 103 Å². The van der Waals surface area contributed by atoms with Gasteiger partial charge in [-0.25, -0.2) is 16.8 Å². The van der Waals surface area contributed by atoms with Gasteiger partial charge in [-0.05, 0) is 70.3 Å². The molecule has 0 saturated carbocycles. The molecule has 0 spiro atoms. The van der Waals surface area contributed by atoms with E-state index in [2.05, 4.69) is 39.2 Å². The van der Waals surface area contributed by atoms with Crippen LogP contribution in [-0.2, 0) is 24.4 Å². The molecule has 3 aromatic carbocycles. The summed E-state index contributed by atoms with van der Waals surface area (Å²) < 4.78 is 68.8. The average molecular weight is 931 g/mol. The zero-order valence-corrected chi connectivity index (χ0v) is 38.9. The largest absolute Gasteiger partial charge is 0.378 e. The lowest BCUT2D eigenvalue weighted by atomic mass is 10.2. The van der Waals surface area contributed by atoms with Crippen molar-refractivity contribution in [3.8, 4) is 33.8 Å². The third kappa shape index (κ3) is 14.3. The summed E-state index contributed by atoms with van der Waals surface area (Å²) in [6.07, 6.45) is -0.0736. The van der Waals surface area contributed by atoms with Gasteiger partial charge < -0.3 is 25.3 Å². The molecule has 0 amide bonds. The molecule has 0 N–H and O–H groups in total. The van der Waals surface area contributed by atoms with Crippen LogP contribution in [-0.4, -0.2) is 111 Å². The number of rotatable bonds is 18. The first-order chi connectivity index (χ1) is 29.8. The van der Waals surface area contributed by atoms with Gasteiger partial charge in [0.2, 0.25) is 36.8 Å². The number of sulfone groups is 2. The second kappa shape index (κ2) is 23.3. The Bertz CT molecular complexity index is 2510. The van der Waals surface area contributed by atoms with E-state index in [0.29, 0.717) is 33.3 Å². The summed E-state index contributed by atoms with van der Waals surface area (Å²) in [5, 5.41) is 45.8. The molecule has 0 atom stereocenters. The van der Waals surface area contributed by atoms with Crippen molar-refractivity contribution in [1.82, 2.24) is 25.3 Å². The lowest BCUT2D eigenvalue weighted by Crippen LogP contribution is -2.40. The fraction of sp³-hybridized carbons (Fsp3) is 0.415. The normalized spacial score (nSPS) is 11.9. The zero-order valence-electron chi connectivity index (χ0n) is 36.4. The molecule has 342 valence electrons. The maximum atomic E-state index is 12.7. The summed E-state index contributed by atoms with van der Waals surface area (Å²) in [5.41, 5.74) is 2.01. The number of ether oxygens (including phenoxy) is 1. The SMILES string of the molecule is CC(C)N(CCS(=O)(=O)c1no[n+]([O-])c1-c1ccccc1)C(C)C.CC(C)OCCS(=O)(=O)c1no[n+]([O-])c1-c1ccccc1.CN(C)CCSc1no[n+]([O-])c1-c1ccccc1. The lowest BCUT2D eigenvalue weighted by molar-refractivity contribution is -0.793. The van der Waals surface area contributed by atoms with Crippen LogP contribution in [0.4, 0.5) is 0 Å². The number of nitrogens with zero attached hydrogens (tertiary/aromatic N) is 8. The van der Waals surface area contributed by atoms with E-state index in [9.17, 15) is 32.5 Å². The third-order valence-corrected chi connectivity index (χ3v) is 13.1. The monoisotopic (exact) mass is 930 g/mol. The summed E-state index contributed by atoms with van der Waals surface area (Å²) in [6.45, 7) is 13.0. The summed E-state index contributed by atoms with van der Waals surface area (Å²) in [6, 6.07) is 26.8. The molecule has 22 heteroatoms. The van der Waals surface area contributed by atoms with Gasteiger partial charge in [-0.2, -0.15) is 0 Å². The van der Waals surface area contributed by atoms with Gasteiger partial charge >= 0.3 is 10.1 Å². The number of benzene rings is 3. The standard InChI is InChI=1S/C16H23N3O4S.C13H16N2O5S.C12H15N3O2S/c1-12(2)18(13(3)4)10-11-24(21,22)16-15(19(20)23-17-16)14-8-6-5-7-9-14;1-10(2)19-8-9-21(17,18)13-12(15(16)20-14-13)11-6-4-3-5-7-11;1-14(2)8-9-18-12-11(15(16)17-13-12)10-6-4-3-5-7-10/h5-9,12-13H,10-11H2,1-4H3;3-7,10H,8-9H2,1-2H3;3-7H,8-9H2,1-2H3. The van der Waals surface area contributed by atoms with Gasteiger partial charge in [0.05, 0.1) is 39.7 Å². The van der Waals surface area contributed by atoms with Gasteiger partial charge in [-0.15, -0.1) is 0 Å². The average Bonchev–Trinajstić information content (AvgIpc) is 3.95. The Morgan fingerprint density at radius 2 is 1.00 bits per heavy atom. The molecule has 0 radical (unpaired) electrons. The number of hydrogen-bond donors (Lipinski definition) is 0. The van der Waals surface area contributed by atoms with Crippen LogP contribution >= 0.6 is 11.8 Å². The molecule has 63 heavy (non-hydrogen) atoms. The molecule has 6 rings (SSSR count). The van der Waals surface area contributed by atoms with Gasteiger partial charge in [0.1, 0.15) is 0 Å². The molecule has 0 aliphatic rings. The van der Waals surface area contributed by atoms with E-state index in [4.69, 9.17) is 4.74 Å². The van der Waals surface area contributed by atoms with Crippen molar-refractivity contribution < 1.29 is 50.2 Å². The quantitative estimate of drug-likeness (QED) is 0.0840. The second-order valence-electron chi connectivity index (χ2n) is 15.0. The van der Waals surface area contributed by atoms with Crippen LogP contribution < -0.4 is 14.7 Å². The second-order valence-corrected chi connectivity index (χ2v) is 20.1. The van der Waals surface area contributed by atoms with E-state index >= 15 is 0 Å². The Labute approximate surface area is 371 Å². The van der Waals surface area contributed by atoms with E-state index in [1.165, 1.54) is 11.8 Å². The summed E-state index contributed by atoms with van der Waals surface area (Å²) in [5.74, 6) is 0.465. The fourth-order valence-electron chi connectivity index (χ4n) is 5.94. The fourth-order valence-corrected chi connectivity index (χ4v) is 9.42. The van der Waals surface area contributed by atoms with Crippen molar-refractivity contribution in [1.29, 1.82) is 0 Å². The Balaban J connectivity index is 0.000000209. The highest BCUT2D eigenvalue weighted by molar-refractivity contribution is 7.99. The molecule has 3 aromatic heterocycles. The van der Waals surface area contributed by atoms with Crippen LogP contribution in [0.3, 0.4) is 0 Å². The molecule has 3 heterocycles. The van der Waals surface area contributed by atoms with Crippen molar-refractivity contribution in [2.24, 2.45) is 0 Å². The van der Waals surface area contributed by atoms with Crippen molar-refractivity contribution in [2.75, 3.05) is 51.1 Å². The summed E-state index contributed by atoms with van der Waals surface area (Å²) in [7, 11) is -3.49. The van der Waals surface area contributed by atoms with Crippen LogP contribution in [0.15, 0.2) is 120 Å². The molecule has 0 aliphatic heterocycles. The Kier molecular flexibility index (Phi) is 18.6. The van der Waals surface area contributed by atoms with Gasteiger partial charge in [0.15, 0.2) is 0 Å². The zero-order chi connectivity index (χ0) is 46.3. The molecule has 0 unspecified atom stereocenters. The molecule has 19 nitrogen and oxygen atoms in total. The predicted molar refractivity (Wildman–Crippen MR) is 234 cm³/mol. The molecule has 0 bridgehead atoms. The van der Waals surface area contributed by atoms with Crippen molar-refractivity contribution in [2.45, 2.75) is 74.8 Å². The molecule has 0 fully saturated rings. The topological polar surface area (TPSA) is 243 Å². The Morgan fingerprint density at radius 3 is 1.41 bits per heavy atom. The van der Waals surface area contributed by atoms with Crippen molar-refractivity contribution in [3.63, 3.8) is 0 Å². The van der Waals surface area contributed by atoms with E-state index < -0.39 is 19.7 Å². The van der Waals surface area contributed by atoms with Crippen molar-refractivity contribution in [3.05, 3.63) is 107 Å². The van der Waals surface area contributed by atoms with Gasteiger partial charge in [-0.3, -0.25) is 18.8 Å². The van der Waals surface area contributed by atoms with Gasteiger partial charge in [0.25, 0.3) is 5.03 Å². The van der Waals surface area contributed by atoms with Crippen LogP contribution in [0.1, 0.15) is 41.5 Å². The molecular weight excluding hydrogens is 877 g/mol. The highest BCUT2D eigenvalue weighted by Gasteiger charge is 2.34. The Morgan fingerprint density at radius 1 is 0.603 bits per heavy atom. The van der Waals surface area contributed by atoms with E-state index in [0.717, 1.165) is 17.9 Å². The van der Waals surface area contributed by atoms with Crippen LogP contribution in [0.2, 0.25) is 0 Å². The maximum absolute atomic E-state index is 12.7. The van der Waals surface area contributed by atoms with Crippen LogP contribution in [0, 0.1) is 15.6 Å². The minimum absolute atomic E-state index is 0.0277. The first-order valence-electron chi connectivity index (χ1n) is 19.9. The highest BCUT2D eigenvalue weighted by atomic mass is 32.2. The van der Waals surface area contributed by atoms with Gasteiger partial charge in [0, 0.05) is 47.6 Å². The smallest absolute Gasteiger partial charge is 0.339 e. The van der Waals surface area contributed by atoms with Crippen LogP contribution in [0.25, 0.3) is 33.8 Å². The predicted octanol–water partition coefficient (Wildman–Crippen LogP) is 4.67. The molecule has 6 aromatic rings. The minimum Gasteiger partial charge on any atom is -0.378 e. The molecule has 0 saturated heterocycles. The summed E-state index contributed by atoms with van der Waals surface area (Å²) >= 11 is 1.52. The number of aromatic nitrogens is 6. The minimum atomic E-state index is -3.76. The highest BCUT2D eigenvalue weighted by Crippen LogP contribution is 2.27.